The highest BCUT2D eigenvalue weighted by atomic mass is 35.5. The van der Waals surface area contributed by atoms with Crippen molar-refractivity contribution in [3.05, 3.63) is 58.9 Å². The third-order valence-electron chi connectivity index (χ3n) is 3.93. The molecule has 0 aliphatic heterocycles. The number of nitrogens with two attached hydrogens (primary N) is 1. The van der Waals surface area contributed by atoms with E-state index in [1.54, 1.807) is 0 Å². The maximum Gasteiger partial charge on any atom is 0.0572 e. The number of pyridine rings is 1. The van der Waals surface area contributed by atoms with E-state index >= 15 is 0 Å². The van der Waals surface area contributed by atoms with Gasteiger partial charge in [0.05, 0.1) is 23.6 Å². The summed E-state index contributed by atoms with van der Waals surface area (Å²) in [5.74, 6) is 0. The van der Waals surface area contributed by atoms with E-state index in [0.717, 1.165) is 22.8 Å². The minimum atomic E-state index is 0.0121. The molecule has 2 rings (SSSR count). The quantitative estimate of drug-likeness (QED) is 0.893. The Labute approximate surface area is 131 Å². The van der Waals surface area contributed by atoms with Crippen molar-refractivity contribution in [2.24, 2.45) is 5.73 Å². The number of hydrogen-bond acceptors (Lipinski definition) is 3. The lowest BCUT2D eigenvalue weighted by Crippen LogP contribution is -2.22. The van der Waals surface area contributed by atoms with Gasteiger partial charge in [0.2, 0.25) is 0 Å². The highest BCUT2D eigenvalue weighted by Crippen LogP contribution is 2.26. The van der Waals surface area contributed by atoms with Gasteiger partial charge in [-0.25, -0.2) is 0 Å². The van der Waals surface area contributed by atoms with Crippen LogP contribution in [0.3, 0.4) is 0 Å². The van der Waals surface area contributed by atoms with Gasteiger partial charge in [0.25, 0.3) is 0 Å². The predicted molar refractivity (Wildman–Crippen MR) is 89.7 cm³/mol. The van der Waals surface area contributed by atoms with Crippen molar-refractivity contribution in [3.8, 4) is 0 Å². The Kier molecular flexibility index (Phi) is 5.21. The van der Waals surface area contributed by atoms with Gasteiger partial charge < -0.3 is 10.6 Å². The normalized spacial score (nSPS) is 13.8. The van der Waals surface area contributed by atoms with Crippen molar-refractivity contribution in [2.45, 2.75) is 32.4 Å². The second-order valence-corrected chi connectivity index (χ2v) is 5.73. The molecule has 2 aromatic rings. The first kappa shape index (κ1) is 15.8. The Balaban J connectivity index is 2.15. The number of halogens is 1. The van der Waals surface area contributed by atoms with Gasteiger partial charge >= 0.3 is 0 Å². The molecule has 0 saturated heterocycles. The summed E-state index contributed by atoms with van der Waals surface area (Å²) in [6, 6.07) is 12.3. The van der Waals surface area contributed by atoms with E-state index in [0.29, 0.717) is 0 Å². The summed E-state index contributed by atoms with van der Waals surface area (Å²) >= 11 is 5.94. The zero-order chi connectivity index (χ0) is 15.4. The van der Waals surface area contributed by atoms with Crippen LogP contribution in [0.4, 0.5) is 5.69 Å². The lowest BCUT2D eigenvalue weighted by atomic mass is 10.1. The van der Waals surface area contributed by atoms with Crippen LogP contribution in [0, 0.1) is 0 Å². The largest absolute Gasteiger partial charge is 0.367 e. The van der Waals surface area contributed by atoms with E-state index < -0.39 is 0 Å². The standard InChI is InChI=1S/C17H22ClN3/c1-4-16(19)17-10-9-15(11-20-17)21(3)12(2)13-5-7-14(18)8-6-13/h5-12,16H,4,19H2,1-3H3/t12?,16-/m1/s1. The number of anilines is 1. The first-order chi connectivity index (χ1) is 10.0. The average molecular weight is 304 g/mol. The van der Waals surface area contributed by atoms with Crippen molar-refractivity contribution in [3.63, 3.8) is 0 Å². The number of rotatable bonds is 5. The Morgan fingerprint density at radius 1 is 1.19 bits per heavy atom. The van der Waals surface area contributed by atoms with Gasteiger partial charge in [-0.2, -0.15) is 0 Å². The molecule has 0 radical (unpaired) electrons. The van der Waals surface area contributed by atoms with Crippen molar-refractivity contribution in [2.75, 3.05) is 11.9 Å². The number of benzene rings is 1. The molecule has 1 aromatic carbocycles. The second kappa shape index (κ2) is 6.92. The molecule has 0 aliphatic carbocycles. The summed E-state index contributed by atoms with van der Waals surface area (Å²) < 4.78 is 0. The second-order valence-electron chi connectivity index (χ2n) is 5.29. The Morgan fingerprint density at radius 2 is 1.86 bits per heavy atom. The monoisotopic (exact) mass is 303 g/mol. The highest BCUT2D eigenvalue weighted by Gasteiger charge is 2.13. The molecule has 1 aromatic heterocycles. The van der Waals surface area contributed by atoms with Crippen LogP contribution < -0.4 is 10.6 Å². The van der Waals surface area contributed by atoms with Crippen molar-refractivity contribution < 1.29 is 0 Å². The fourth-order valence-electron chi connectivity index (χ4n) is 2.22. The average Bonchev–Trinajstić information content (AvgIpc) is 2.53. The molecular weight excluding hydrogens is 282 g/mol. The van der Waals surface area contributed by atoms with Gasteiger partial charge in [-0.3, -0.25) is 4.98 Å². The number of hydrogen-bond donors (Lipinski definition) is 1. The van der Waals surface area contributed by atoms with Crippen molar-refractivity contribution in [1.29, 1.82) is 0 Å². The molecule has 0 spiro atoms. The lowest BCUT2D eigenvalue weighted by molar-refractivity contribution is 0.673. The fourth-order valence-corrected chi connectivity index (χ4v) is 2.35. The summed E-state index contributed by atoms with van der Waals surface area (Å²) in [4.78, 5) is 6.66. The third-order valence-corrected chi connectivity index (χ3v) is 4.18. The summed E-state index contributed by atoms with van der Waals surface area (Å²) in [6.45, 7) is 4.23. The molecule has 21 heavy (non-hydrogen) atoms. The van der Waals surface area contributed by atoms with Crippen molar-refractivity contribution >= 4 is 17.3 Å². The van der Waals surface area contributed by atoms with E-state index in [2.05, 4.69) is 49.0 Å². The number of nitrogens with zero attached hydrogens (tertiary/aromatic N) is 2. The van der Waals surface area contributed by atoms with E-state index in [-0.39, 0.29) is 12.1 Å². The lowest BCUT2D eigenvalue weighted by Gasteiger charge is -2.27. The van der Waals surface area contributed by atoms with Gasteiger partial charge in [-0.1, -0.05) is 30.7 Å². The molecule has 112 valence electrons. The van der Waals surface area contributed by atoms with Crippen LogP contribution in [0.15, 0.2) is 42.6 Å². The van der Waals surface area contributed by atoms with E-state index in [9.17, 15) is 0 Å². The molecule has 0 fully saturated rings. The molecule has 1 heterocycles. The van der Waals surface area contributed by atoms with Gasteiger partial charge in [-0.05, 0) is 43.2 Å². The Bertz CT molecular complexity index is 566. The molecule has 0 saturated carbocycles. The molecule has 0 bridgehead atoms. The zero-order valence-electron chi connectivity index (χ0n) is 12.8. The molecular formula is C17H22ClN3. The van der Waals surface area contributed by atoms with Crippen LogP contribution in [0.2, 0.25) is 5.02 Å². The third kappa shape index (κ3) is 3.74. The minimum Gasteiger partial charge on any atom is -0.367 e. The topological polar surface area (TPSA) is 42.1 Å². The van der Waals surface area contributed by atoms with E-state index in [4.69, 9.17) is 17.3 Å². The molecule has 1 unspecified atom stereocenters. The molecule has 0 amide bonds. The van der Waals surface area contributed by atoms with E-state index in [1.165, 1.54) is 5.56 Å². The summed E-state index contributed by atoms with van der Waals surface area (Å²) in [5, 5.41) is 0.758. The van der Waals surface area contributed by atoms with Crippen molar-refractivity contribution in [1.82, 2.24) is 4.98 Å². The smallest absolute Gasteiger partial charge is 0.0572 e. The predicted octanol–water partition coefficient (Wildman–Crippen LogP) is 4.34. The van der Waals surface area contributed by atoms with Gasteiger partial charge in [0.15, 0.2) is 0 Å². The minimum absolute atomic E-state index is 0.0121. The first-order valence-electron chi connectivity index (χ1n) is 7.22. The Hall–Kier alpha value is -1.58. The maximum absolute atomic E-state index is 6.00. The summed E-state index contributed by atoms with van der Waals surface area (Å²) in [5.41, 5.74) is 9.23. The zero-order valence-corrected chi connectivity index (χ0v) is 13.5. The number of aromatic nitrogens is 1. The fraction of sp³-hybridized carbons (Fsp3) is 0.353. The SMILES string of the molecule is CC[C@@H](N)c1ccc(N(C)C(C)c2ccc(Cl)cc2)cn1. The van der Waals surface area contributed by atoms with Gasteiger partial charge in [-0.15, -0.1) is 0 Å². The molecule has 0 aliphatic rings. The molecule has 2 N–H and O–H groups in total. The van der Waals surface area contributed by atoms with Crippen LogP contribution >= 0.6 is 11.6 Å². The molecule has 3 nitrogen and oxygen atoms in total. The van der Waals surface area contributed by atoms with Crippen LogP contribution in [0.25, 0.3) is 0 Å². The van der Waals surface area contributed by atoms with Crippen LogP contribution in [0.5, 0.6) is 0 Å². The maximum atomic E-state index is 6.00. The van der Waals surface area contributed by atoms with Crippen LogP contribution in [0.1, 0.15) is 43.6 Å². The molecule has 2 atom stereocenters. The van der Waals surface area contributed by atoms with Gasteiger partial charge in [0.1, 0.15) is 0 Å². The summed E-state index contributed by atoms with van der Waals surface area (Å²) in [7, 11) is 2.07. The highest BCUT2D eigenvalue weighted by molar-refractivity contribution is 6.30. The molecule has 4 heteroatoms. The summed E-state index contributed by atoms with van der Waals surface area (Å²) in [6.07, 6.45) is 2.78. The van der Waals surface area contributed by atoms with Crippen LogP contribution in [-0.2, 0) is 0 Å². The first-order valence-corrected chi connectivity index (χ1v) is 7.60. The van der Waals surface area contributed by atoms with Crippen LogP contribution in [-0.4, -0.2) is 12.0 Å². The Morgan fingerprint density at radius 3 is 2.38 bits per heavy atom. The van der Waals surface area contributed by atoms with E-state index in [1.807, 2.05) is 24.4 Å². The van der Waals surface area contributed by atoms with Gasteiger partial charge in [0, 0.05) is 18.1 Å².